The van der Waals surface area contributed by atoms with Crippen LogP contribution in [0.25, 0.3) is 10.9 Å². The van der Waals surface area contributed by atoms with E-state index in [4.69, 9.17) is 4.74 Å². The summed E-state index contributed by atoms with van der Waals surface area (Å²) >= 11 is 0. The number of hydrogen-bond donors (Lipinski definition) is 4. The Balaban J connectivity index is 1.26. The van der Waals surface area contributed by atoms with Crippen LogP contribution in [-0.2, 0) is 10.0 Å². The van der Waals surface area contributed by atoms with Crippen molar-refractivity contribution < 1.29 is 18.3 Å². The van der Waals surface area contributed by atoms with Crippen LogP contribution in [-0.4, -0.2) is 43.4 Å². The molecule has 0 saturated heterocycles. The van der Waals surface area contributed by atoms with Gasteiger partial charge in [-0.1, -0.05) is 44.2 Å². The number of fused-ring (bicyclic) bond motifs is 1. The fourth-order valence-electron chi connectivity index (χ4n) is 3.76. The van der Waals surface area contributed by atoms with E-state index in [0.717, 1.165) is 22.3 Å². The molecule has 8 nitrogen and oxygen atoms in total. The lowest BCUT2D eigenvalue weighted by atomic mass is 10.1. The molecule has 4 aromatic rings. The van der Waals surface area contributed by atoms with Crippen molar-refractivity contribution in [1.29, 1.82) is 0 Å². The number of benzene rings is 3. The van der Waals surface area contributed by atoms with Crippen LogP contribution in [0.3, 0.4) is 0 Å². The highest BCUT2D eigenvalue weighted by Crippen LogP contribution is 2.26. The van der Waals surface area contributed by atoms with Crippen molar-refractivity contribution in [2.75, 3.05) is 24.4 Å². The van der Waals surface area contributed by atoms with Crippen molar-refractivity contribution in [2.45, 2.75) is 30.8 Å². The number of sulfonamides is 1. The molecule has 0 saturated carbocycles. The van der Waals surface area contributed by atoms with Crippen LogP contribution < -0.4 is 14.8 Å². The molecule has 0 aliphatic carbocycles. The van der Waals surface area contributed by atoms with E-state index in [1.807, 2.05) is 18.2 Å². The number of rotatable bonds is 11. The highest BCUT2D eigenvalue weighted by atomic mass is 32.2. The predicted molar refractivity (Wildman–Crippen MR) is 137 cm³/mol. The molecule has 4 rings (SSSR count). The van der Waals surface area contributed by atoms with E-state index in [-0.39, 0.29) is 4.90 Å². The smallest absolute Gasteiger partial charge is 0.261 e. The first kappa shape index (κ1) is 24.7. The lowest BCUT2D eigenvalue weighted by molar-refractivity contribution is 0.172. The molecule has 35 heavy (non-hydrogen) atoms. The van der Waals surface area contributed by atoms with Gasteiger partial charge in [-0.2, -0.15) is 5.10 Å². The first-order valence-electron chi connectivity index (χ1n) is 11.5. The first-order chi connectivity index (χ1) is 16.8. The fraction of sp³-hybridized carbons (Fsp3) is 0.269. The summed E-state index contributed by atoms with van der Waals surface area (Å²) in [6, 6.07) is 20.8. The minimum atomic E-state index is -3.69. The number of aliphatic hydroxyl groups excluding tert-OH is 1. The third-order valence-electron chi connectivity index (χ3n) is 5.60. The number of anilines is 1. The monoisotopic (exact) mass is 494 g/mol. The average molecular weight is 495 g/mol. The molecular weight excluding hydrogens is 464 g/mol. The zero-order valence-electron chi connectivity index (χ0n) is 19.7. The van der Waals surface area contributed by atoms with E-state index < -0.39 is 16.1 Å². The summed E-state index contributed by atoms with van der Waals surface area (Å²) in [6.45, 7) is 5.51. The molecule has 0 spiro atoms. The van der Waals surface area contributed by atoms with E-state index in [9.17, 15) is 13.5 Å². The maximum atomic E-state index is 12.5. The lowest BCUT2D eigenvalue weighted by Gasteiger charge is -2.15. The summed E-state index contributed by atoms with van der Waals surface area (Å²) in [7, 11) is -3.69. The number of nitrogens with zero attached hydrogens (tertiary/aromatic N) is 1. The van der Waals surface area contributed by atoms with E-state index in [2.05, 4.69) is 34.1 Å². The predicted octanol–water partition coefficient (Wildman–Crippen LogP) is 4.19. The van der Waals surface area contributed by atoms with Crippen LogP contribution in [0, 0.1) is 0 Å². The Labute approximate surface area is 205 Å². The van der Waals surface area contributed by atoms with E-state index in [1.54, 1.807) is 42.5 Å². The Kier molecular flexibility index (Phi) is 7.70. The largest absolute Gasteiger partial charge is 0.492 e. The lowest BCUT2D eigenvalue weighted by Crippen LogP contribution is -2.26. The van der Waals surface area contributed by atoms with Crippen molar-refractivity contribution in [2.24, 2.45) is 0 Å². The summed E-state index contributed by atoms with van der Waals surface area (Å²) in [5, 5.41) is 22.3. The molecule has 3 aromatic carbocycles. The van der Waals surface area contributed by atoms with Gasteiger partial charge in [0.15, 0.2) is 0 Å². The van der Waals surface area contributed by atoms with Gasteiger partial charge in [0.1, 0.15) is 12.4 Å². The van der Waals surface area contributed by atoms with Gasteiger partial charge in [0.25, 0.3) is 10.0 Å². The minimum Gasteiger partial charge on any atom is -0.492 e. The van der Waals surface area contributed by atoms with Crippen LogP contribution >= 0.6 is 0 Å². The van der Waals surface area contributed by atoms with Crippen molar-refractivity contribution in [3.63, 3.8) is 0 Å². The number of aromatic amines is 1. The molecule has 4 N–H and O–H groups in total. The number of ether oxygens (including phenoxy) is 1. The van der Waals surface area contributed by atoms with Crippen LogP contribution in [0.5, 0.6) is 5.75 Å². The summed E-state index contributed by atoms with van der Waals surface area (Å²) in [4.78, 5) is 0.180. The quantitative estimate of drug-likeness (QED) is 0.232. The highest BCUT2D eigenvalue weighted by Gasteiger charge is 2.15. The van der Waals surface area contributed by atoms with Crippen LogP contribution in [0.1, 0.15) is 37.1 Å². The van der Waals surface area contributed by atoms with Gasteiger partial charge in [0.05, 0.1) is 16.5 Å². The summed E-state index contributed by atoms with van der Waals surface area (Å²) in [6.07, 6.45) is -0.800. The molecule has 1 aromatic heterocycles. The van der Waals surface area contributed by atoms with E-state index in [0.29, 0.717) is 36.9 Å². The molecule has 0 amide bonds. The number of hydrogen-bond acceptors (Lipinski definition) is 6. The van der Waals surface area contributed by atoms with Crippen molar-refractivity contribution >= 4 is 26.6 Å². The Bertz CT molecular complexity index is 1370. The molecule has 0 radical (unpaired) electrons. The maximum Gasteiger partial charge on any atom is 0.261 e. The average Bonchev–Trinajstić information content (AvgIpc) is 3.28. The zero-order valence-corrected chi connectivity index (χ0v) is 20.5. The Hall–Kier alpha value is -3.40. The highest BCUT2D eigenvalue weighted by molar-refractivity contribution is 7.92. The normalized spacial score (nSPS) is 12.7. The fourth-order valence-corrected chi connectivity index (χ4v) is 4.83. The summed E-state index contributed by atoms with van der Waals surface area (Å²) in [5.74, 6) is 1.10. The molecule has 0 bridgehead atoms. The van der Waals surface area contributed by atoms with Crippen LogP contribution in [0.2, 0.25) is 0 Å². The Morgan fingerprint density at radius 2 is 1.83 bits per heavy atom. The summed E-state index contributed by atoms with van der Waals surface area (Å²) < 4.78 is 33.5. The maximum absolute atomic E-state index is 12.5. The van der Waals surface area contributed by atoms with Gasteiger partial charge in [-0.15, -0.1) is 0 Å². The van der Waals surface area contributed by atoms with Gasteiger partial charge in [-0.05, 0) is 47.9 Å². The van der Waals surface area contributed by atoms with Crippen molar-refractivity contribution in [1.82, 2.24) is 15.5 Å². The second kappa shape index (κ2) is 10.9. The number of aromatic nitrogens is 2. The topological polar surface area (TPSA) is 116 Å². The van der Waals surface area contributed by atoms with Gasteiger partial charge < -0.3 is 15.2 Å². The van der Waals surface area contributed by atoms with Crippen LogP contribution in [0.15, 0.2) is 77.7 Å². The molecule has 9 heteroatoms. The first-order valence-corrected chi connectivity index (χ1v) is 13.0. The minimum absolute atomic E-state index is 0.180. The third-order valence-corrected chi connectivity index (χ3v) is 6.99. The van der Waals surface area contributed by atoms with Gasteiger partial charge in [0.2, 0.25) is 0 Å². The van der Waals surface area contributed by atoms with E-state index >= 15 is 0 Å². The second-order valence-corrected chi connectivity index (χ2v) is 10.3. The van der Waals surface area contributed by atoms with Gasteiger partial charge in [0, 0.05) is 35.9 Å². The molecule has 184 valence electrons. The SMILES string of the molecule is CC(C)c1[nH]nc2cc(OCCNCC(O)c3cccc(NS(=O)(=O)c4ccccc4)c3)ccc12. The Morgan fingerprint density at radius 3 is 2.60 bits per heavy atom. The molecule has 1 unspecified atom stereocenters. The molecule has 1 atom stereocenters. The zero-order chi connectivity index (χ0) is 24.8. The Morgan fingerprint density at radius 1 is 1.03 bits per heavy atom. The number of H-pyrrole nitrogens is 1. The van der Waals surface area contributed by atoms with Gasteiger partial charge in [-0.25, -0.2) is 8.42 Å². The number of nitrogens with one attached hydrogen (secondary N) is 3. The molecule has 0 aliphatic heterocycles. The molecule has 1 heterocycles. The van der Waals surface area contributed by atoms with Crippen molar-refractivity contribution in [3.05, 3.63) is 84.1 Å². The van der Waals surface area contributed by atoms with Crippen molar-refractivity contribution in [3.8, 4) is 5.75 Å². The molecular formula is C26H30N4O4S. The molecule has 0 aliphatic rings. The second-order valence-electron chi connectivity index (χ2n) is 8.58. The van der Waals surface area contributed by atoms with Crippen LogP contribution in [0.4, 0.5) is 5.69 Å². The molecule has 0 fully saturated rings. The van der Waals surface area contributed by atoms with Gasteiger partial charge in [-0.3, -0.25) is 9.82 Å². The van der Waals surface area contributed by atoms with E-state index in [1.165, 1.54) is 12.1 Å². The van der Waals surface area contributed by atoms with Gasteiger partial charge >= 0.3 is 0 Å². The summed E-state index contributed by atoms with van der Waals surface area (Å²) in [5.41, 5.74) is 2.98. The standard InChI is InChI=1S/C26H30N4O4S/c1-18(2)26-23-12-11-21(16-24(23)28-29-26)34-14-13-27-17-25(31)19-7-6-8-20(15-19)30-35(32,33)22-9-4-3-5-10-22/h3-12,15-16,18,25,27,30-31H,13-14,17H2,1-2H3,(H,28,29). The number of aliphatic hydroxyl groups is 1. The third kappa shape index (κ3) is 6.19.